The van der Waals surface area contributed by atoms with E-state index in [0.717, 1.165) is 70.0 Å². The minimum Gasteiger partial charge on any atom is -0.378 e. The molecule has 0 aromatic heterocycles. The zero-order valence-corrected chi connectivity index (χ0v) is 19.0. The van der Waals surface area contributed by atoms with E-state index in [1.807, 2.05) is 0 Å². The van der Waals surface area contributed by atoms with Crippen LogP contribution in [0.15, 0.2) is 6.07 Å². The summed E-state index contributed by atoms with van der Waals surface area (Å²) >= 11 is 0. The van der Waals surface area contributed by atoms with Gasteiger partial charge in [0.1, 0.15) is 0 Å². The van der Waals surface area contributed by atoms with Crippen LogP contribution in [0.5, 0.6) is 0 Å². The van der Waals surface area contributed by atoms with Gasteiger partial charge in [0.05, 0.1) is 6.10 Å². The SMILES string of the molecule is CCCCCC1CCc2cc(C3CCC4CC(OCC)CCC4C3)c(F)c(F)c2C1. The Kier molecular flexibility index (Phi) is 7.49. The molecule has 0 aliphatic heterocycles. The summed E-state index contributed by atoms with van der Waals surface area (Å²) in [7, 11) is 0. The Hall–Kier alpha value is -0.960. The van der Waals surface area contributed by atoms with Crippen LogP contribution in [0.25, 0.3) is 0 Å². The van der Waals surface area contributed by atoms with E-state index < -0.39 is 11.6 Å². The predicted molar refractivity (Wildman–Crippen MR) is 119 cm³/mol. The number of fused-ring (bicyclic) bond motifs is 2. The number of unbranched alkanes of at least 4 members (excludes halogenated alkanes) is 2. The summed E-state index contributed by atoms with van der Waals surface area (Å²) in [6.45, 7) is 5.08. The third-order valence-corrected chi connectivity index (χ3v) is 8.37. The van der Waals surface area contributed by atoms with Gasteiger partial charge in [-0.3, -0.25) is 0 Å². The summed E-state index contributed by atoms with van der Waals surface area (Å²) in [6, 6.07) is 2.06. The van der Waals surface area contributed by atoms with Crippen molar-refractivity contribution in [3.63, 3.8) is 0 Å². The van der Waals surface area contributed by atoms with Gasteiger partial charge in [-0.25, -0.2) is 8.78 Å². The minimum absolute atomic E-state index is 0.192. The van der Waals surface area contributed by atoms with E-state index in [9.17, 15) is 0 Å². The van der Waals surface area contributed by atoms with Gasteiger partial charge in [0.2, 0.25) is 0 Å². The van der Waals surface area contributed by atoms with Gasteiger partial charge >= 0.3 is 0 Å². The van der Waals surface area contributed by atoms with E-state index in [0.29, 0.717) is 35.0 Å². The van der Waals surface area contributed by atoms with Crippen molar-refractivity contribution in [1.29, 1.82) is 0 Å². The maximum atomic E-state index is 15.2. The van der Waals surface area contributed by atoms with Gasteiger partial charge in [-0.2, -0.15) is 0 Å². The van der Waals surface area contributed by atoms with Gasteiger partial charge in [-0.15, -0.1) is 0 Å². The molecule has 0 radical (unpaired) electrons. The molecule has 3 aliphatic rings. The lowest BCUT2D eigenvalue weighted by atomic mass is 9.65. The van der Waals surface area contributed by atoms with Crippen LogP contribution in [-0.2, 0) is 17.6 Å². The van der Waals surface area contributed by atoms with Gasteiger partial charge in [-0.05, 0) is 105 Å². The Morgan fingerprint density at radius 2 is 1.73 bits per heavy atom. The quantitative estimate of drug-likeness (QED) is 0.411. The fourth-order valence-corrected chi connectivity index (χ4v) is 6.67. The minimum atomic E-state index is -0.533. The maximum absolute atomic E-state index is 15.2. The molecule has 3 heteroatoms. The van der Waals surface area contributed by atoms with E-state index >= 15 is 8.78 Å². The fraction of sp³-hybridized carbons (Fsp3) is 0.778. The molecule has 3 aliphatic carbocycles. The van der Waals surface area contributed by atoms with Crippen molar-refractivity contribution >= 4 is 0 Å². The third-order valence-electron chi connectivity index (χ3n) is 8.37. The molecular weight excluding hydrogens is 378 g/mol. The Morgan fingerprint density at radius 3 is 2.53 bits per heavy atom. The van der Waals surface area contributed by atoms with E-state index in [4.69, 9.17) is 4.74 Å². The standard InChI is InChI=1S/C27H40F2O/c1-3-5-6-7-18-8-9-22-17-25(27(29)26(28)24(22)14-18)21-11-10-20-16-23(30-4-2)13-12-19(20)15-21/h17-21,23H,3-16H2,1-2H3. The second kappa shape index (κ2) is 10.1. The first-order chi connectivity index (χ1) is 14.6. The highest BCUT2D eigenvalue weighted by molar-refractivity contribution is 5.38. The summed E-state index contributed by atoms with van der Waals surface area (Å²) in [6.07, 6.45) is 14.7. The molecule has 1 aromatic carbocycles. The van der Waals surface area contributed by atoms with Crippen LogP contribution in [0.2, 0.25) is 0 Å². The normalized spacial score (nSPS) is 31.3. The molecule has 2 fully saturated rings. The summed E-state index contributed by atoms with van der Waals surface area (Å²) in [5.74, 6) is 1.03. The van der Waals surface area contributed by atoms with Gasteiger partial charge in [0.25, 0.3) is 0 Å². The summed E-state index contributed by atoms with van der Waals surface area (Å²) in [4.78, 5) is 0. The topological polar surface area (TPSA) is 9.23 Å². The molecule has 30 heavy (non-hydrogen) atoms. The molecule has 5 unspecified atom stereocenters. The molecule has 5 atom stereocenters. The van der Waals surface area contributed by atoms with E-state index in [-0.39, 0.29) is 5.92 Å². The zero-order valence-electron chi connectivity index (χ0n) is 19.0. The lowest BCUT2D eigenvalue weighted by molar-refractivity contribution is -0.00971. The number of rotatable bonds is 7. The molecule has 0 bridgehead atoms. The highest BCUT2D eigenvalue weighted by Crippen LogP contribution is 2.48. The molecule has 0 spiro atoms. The van der Waals surface area contributed by atoms with Crippen LogP contribution < -0.4 is 0 Å². The summed E-state index contributed by atoms with van der Waals surface area (Å²) in [5.41, 5.74) is 2.47. The molecule has 1 nitrogen and oxygen atoms in total. The maximum Gasteiger partial charge on any atom is 0.162 e. The molecule has 1 aromatic rings. The average Bonchev–Trinajstić information content (AvgIpc) is 2.76. The van der Waals surface area contributed by atoms with Crippen molar-refractivity contribution in [1.82, 2.24) is 0 Å². The second-order valence-electron chi connectivity index (χ2n) is 10.3. The highest BCUT2D eigenvalue weighted by atomic mass is 19.2. The third kappa shape index (κ3) is 4.76. The van der Waals surface area contributed by atoms with E-state index in [1.54, 1.807) is 0 Å². The average molecular weight is 419 g/mol. The smallest absolute Gasteiger partial charge is 0.162 e. The Labute approximate surface area is 182 Å². The van der Waals surface area contributed by atoms with Gasteiger partial charge < -0.3 is 4.74 Å². The number of benzene rings is 1. The van der Waals surface area contributed by atoms with Gasteiger partial charge in [-0.1, -0.05) is 38.7 Å². The molecular formula is C27H40F2O. The Bertz CT molecular complexity index is 715. The molecule has 0 amide bonds. The van der Waals surface area contributed by atoms with Crippen molar-refractivity contribution in [3.8, 4) is 0 Å². The Balaban J connectivity index is 1.44. The monoisotopic (exact) mass is 418 g/mol. The summed E-state index contributed by atoms with van der Waals surface area (Å²) < 4.78 is 36.2. The largest absolute Gasteiger partial charge is 0.378 e. The van der Waals surface area contributed by atoms with Gasteiger partial charge in [0.15, 0.2) is 11.6 Å². The van der Waals surface area contributed by atoms with Crippen molar-refractivity contribution < 1.29 is 13.5 Å². The van der Waals surface area contributed by atoms with Crippen LogP contribution in [-0.4, -0.2) is 12.7 Å². The molecule has 0 N–H and O–H groups in total. The lowest BCUT2D eigenvalue weighted by Crippen LogP contribution is -2.34. The van der Waals surface area contributed by atoms with Crippen LogP contribution in [0.1, 0.15) is 107 Å². The van der Waals surface area contributed by atoms with Crippen LogP contribution in [0.3, 0.4) is 0 Å². The zero-order chi connectivity index (χ0) is 21.1. The molecule has 168 valence electrons. The van der Waals surface area contributed by atoms with Crippen molar-refractivity contribution in [2.24, 2.45) is 17.8 Å². The second-order valence-corrected chi connectivity index (χ2v) is 10.3. The number of aryl methyl sites for hydroxylation is 1. The van der Waals surface area contributed by atoms with Crippen LogP contribution in [0.4, 0.5) is 8.78 Å². The molecule has 2 saturated carbocycles. The van der Waals surface area contributed by atoms with E-state index in [2.05, 4.69) is 19.9 Å². The fourth-order valence-electron chi connectivity index (χ4n) is 6.67. The van der Waals surface area contributed by atoms with Crippen molar-refractivity contribution in [2.45, 2.75) is 109 Å². The molecule has 0 heterocycles. The number of halogens is 2. The van der Waals surface area contributed by atoms with Crippen molar-refractivity contribution in [3.05, 3.63) is 34.4 Å². The summed E-state index contributed by atoms with van der Waals surface area (Å²) in [5, 5.41) is 0. The lowest BCUT2D eigenvalue weighted by Gasteiger charge is -2.42. The molecule has 4 rings (SSSR count). The first kappa shape index (κ1) is 22.2. The predicted octanol–water partition coefficient (Wildman–Crippen LogP) is 7.74. The Morgan fingerprint density at radius 1 is 0.933 bits per heavy atom. The first-order valence-electron chi connectivity index (χ1n) is 12.7. The first-order valence-corrected chi connectivity index (χ1v) is 12.7. The number of hydrogen-bond acceptors (Lipinski definition) is 1. The number of hydrogen-bond donors (Lipinski definition) is 0. The van der Waals surface area contributed by atoms with E-state index in [1.165, 1.54) is 25.7 Å². The highest BCUT2D eigenvalue weighted by Gasteiger charge is 2.38. The molecule has 0 saturated heterocycles. The van der Waals surface area contributed by atoms with Crippen LogP contribution >= 0.6 is 0 Å². The number of ether oxygens (including phenoxy) is 1. The van der Waals surface area contributed by atoms with Gasteiger partial charge in [0, 0.05) is 6.61 Å². The van der Waals surface area contributed by atoms with Crippen LogP contribution in [0, 0.1) is 29.4 Å². The van der Waals surface area contributed by atoms with Crippen molar-refractivity contribution in [2.75, 3.05) is 6.61 Å².